The van der Waals surface area contributed by atoms with Crippen LogP contribution in [0.1, 0.15) is 0 Å². The lowest BCUT2D eigenvalue weighted by molar-refractivity contribution is 0.663. The molecule has 0 unspecified atom stereocenters. The first-order chi connectivity index (χ1) is 4.33. The molecule has 0 bridgehead atoms. The van der Waals surface area contributed by atoms with Crippen LogP contribution in [0.15, 0.2) is 34.1 Å². The van der Waals surface area contributed by atoms with Crippen LogP contribution in [0.3, 0.4) is 0 Å². The van der Waals surface area contributed by atoms with Gasteiger partial charge in [-0.15, -0.1) is 12.6 Å². The van der Waals surface area contributed by atoms with E-state index in [4.69, 9.17) is 4.55 Å². The van der Waals surface area contributed by atoms with E-state index in [1.54, 1.807) is 6.07 Å². The molecule has 0 saturated carbocycles. The van der Waals surface area contributed by atoms with E-state index >= 15 is 0 Å². The lowest BCUT2D eigenvalue weighted by atomic mass is 10.4. The summed E-state index contributed by atoms with van der Waals surface area (Å²) in [5.41, 5.74) is 0. The van der Waals surface area contributed by atoms with Crippen molar-refractivity contribution in [1.29, 1.82) is 0 Å². The van der Waals surface area contributed by atoms with Gasteiger partial charge in [0.15, 0.2) is 0 Å². The Morgan fingerprint density at radius 3 is 2.67 bits per heavy atom. The van der Waals surface area contributed by atoms with Crippen LogP contribution >= 0.6 is 24.7 Å². The molecule has 0 heterocycles. The molecule has 0 aliphatic heterocycles. The van der Waals surface area contributed by atoms with Crippen molar-refractivity contribution >= 4 is 24.7 Å². The predicted molar refractivity (Wildman–Crippen MR) is 42.2 cm³/mol. The van der Waals surface area contributed by atoms with Crippen molar-refractivity contribution in [2.75, 3.05) is 0 Å². The second-order valence-corrected chi connectivity index (χ2v) is 2.76. The third-order valence-corrected chi connectivity index (χ3v) is 1.67. The van der Waals surface area contributed by atoms with E-state index in [0.717, 1.165) is 21.8 Å². The Kier molecular flexibility index (Phi) is 2.45. The van der Waals surface area contributed by atoms with Crippen molar-refractivity contribution in [2.24, 2.45) is 0 Å². The zero-order chi connectivity index (χ0) is 6.69. The Hall–Kier alpha value is -0.120. The molecular weight excluding hydrogens is 152 g/mol. The van der Waals surface area contributed by atoms with Gasteiger partial charge in [0.1, 0.15) is 0 Å². The first kappa shape index (κ1) is 6.99. The number of thiol groups is 1. The Labute approximate surface area is 63.7 Å². The van der Waals surface area contributed by atoms with Crippen LogP contribution in [0.4, 0.5) is 0 Å². The van der Waals surface area contributed by atoms with Crippen LogP contribution in [0.5, 0.6) is 0 Å². The maximum atomic E-state index is 8.54. The highest BCUT2D eigenvalue weighted by atomic mass is 32.2. The summed E-state index contributed by atoms with van der Waals surface area (Å²) in [6.45, 7) is 0. The predicted octanol–water partition coefficient (Wildman–Crippen LogP) is 2.54. The molecule has 0 amide bonds. The maximum absolute atomic E-state index is 8.54. The molecule has 1 aromatic carbocycles. The lowest BCUT2D eigenvalue weighted by Crippen LogP contribution is -1.67. The quantitative estimate of drug-likeness (QED) is 0.484. The van der Waals surface area contributed by atoms with Gasteiger partial charge in [-0.3, -0.25) is 0 Å². The zero-order valence-electron chi connectivity index (χ0n) is 4.61. The summed E-state index contributed by atoms with van der Waals surface area (Å²) in [5.74, 6) is 0. The normalized spacial score (nSPS) is 9.56. The largest absolute Gasteiger partial charge is 0.325 e. The standard InChI is InChI=1S/C6H6OS2/c7-9-6-3-1-2-5(8)4-6/h1-4,7-8H. The summed E-state index contributed by atoms with van der Waals surface area (Å²) in [6.07, 6.45) is 0. The van der Waals surface area contributed by atoms with Gasteiger partial charge in [-0.2, -0.15) is 0 Å². The third-order valence-electron chi connectivity index (χ3n) is 0.923. The van der Waals surface area contributed by atoms with E-state index < -0.39 is 0 Å². The van der Waals surface area contributed by atoms with Gasteiger partial charge in [-0.05, 0) is 18.2 Å². The van der Waals surface area contributed by atoms with Gasteiger partial charge >= 0.3 is 0 Å². The summed E-state index contributed by atoms with van der Waals surface area (Å²) in [7, 11) is 0. The Morgan fingerprint density at radius 2 is 2.22 bits per heavy atom. The monoisotopic (exact) mass is 158 g/mol. The molecule has 0 atom stereocenters. The van der Waals surface area contributed by atoms with Gasteiger partial charge in [0.25, 0.3) is 0 Å². The van der Waals surface area contributed by atoms with Crippen molar-refractivity contribution in [3.8, 4) is 0 Å². The van der Waals surface area contributed by atoms with Crippen molar-refractivity contribution in [1.82, 2.24) is 0 Å². The van der Waals surface area contributed by atoms with Gasteiger partial charge < -0.3 is 4.55 Å². The fraction of sp³-hybridized carbons (Fsp3) is 0. The summed E-state index contributed by atoms with van der Waals surface area (Å²) < 4.78 is 8.54. The molecule has 3 heteroatoms. The molecule has 9 heavy (non-hydrogen) atoms. The van der Waals surface area contributed by atoms with Gasteiger partial charge in [-0.1, -0.05) is 6.07 Å². The molecule has 0 aliphatic carbocycles. The fourth-order valence-corrected chi connectivity index (χ4v) is 1.17. The average molecular weight is 158 g/mol. The molecule has 1 aromatic rings. The van der Waals surface area contributed by atoms with Crippen LogP contribution in [-0.2, 0) is 0 Å². The van der Waals surface area contributed by atoms with E-state index in [1.165, 1.54) is 0 Å². The van der Waals surface area contributed by atoms with Crippen LogP contribution in [-0.4, -0.2) is 4.55 Å². The van der Waals surface area contributed by atoms with E-state index in [0.29, 0.717) is 0 Å². The minimum Gasteiger partial charge on any atom is -0.325 e. The summed E-state index contributed by atoms with van der Waals surface area (Å²) in [4.78, 5) is 1.69. The van der Waals surface area contributed by atoms with Crippen molar-refractivity contribution < 1.29 is 4.55 Å². The molecule has 1 rings (SSSR count). The highest BCUT2D eigenvalue weighted by molar-refractivity contribution is 7.93. The molecule has 0 radical (unpaired) electrons. The number of hydrogen-bond acceptors (Lipinski definition) is 3. The number of benzene rings is 1. The van der Waals surface area contributed by atoms with Crippen molar-refractivity contribution in [3.05, 3.63) is 24.3 Å². The SMILES string of the molecule is OSc1cccc(S)c1. The molecule has 1 N–H and O–H groups in total. The van der Waals surface area contributed by atoms with Crippen LogP contribution in [0.25, 0.3) is 0 Å². The molecule has 0 spiro atoms. The highest BCUT2D eigenvalue weighted by Crippen LogP contribution is 2.16. The third kappa shape index (κ3) is 1.93. The van der Waals surface area contributed by atoms with Gasteiger partial charge in [0.2, 0.25) is 0 Å². The van der Waals surface area contributed by atoms with E-state index in [2.05, 4.69) is 12.6 Å². The maximum Gasteiger partial charge on any atom is 0.0361 e. The van der Waals surface area contributed by atoms with E-state index in [9.17, 15) is 0 Å². The Morgan fingerprint density at radius 1 is 1.44 bits per heavy atom. The second-order valence-electron chi connectivity index (χ2n) is 1.59. The smallest absolute Gasteiger partial charge is 0.0361 e. The van der Waals surface area contributed by atoms with Gasteiger partial charge in [-0.25, -0.2) is 0 Å². The van der Waals surface area contributed by atoms with Crippen LogP contribution in [0, 0.1) is 0 Å². The average Bonchev–Trinajstić information content (AvgIpc) is 1.88. The second kappa shape index (κ2) is 3.15. The molecule has 0 aromatic heterocycles. The first-order valence-electron chi connectivity index (χ1n) is 2.43. The van der Waals surface area contributed by atoms with Crippen LogP contribution < -0.4 is 0 Å². The first-order valence-corrected chi connectivity index (χ1v) is 3.65. The zero-order valence-corrected chi connectivity index (χ0v) is 6.32. The van der Waals surface area contributed by atoms with Gasteiger partial charge in [0.05, 0.1) is 0 Å². The van der Waals surface area contributed by atoms with Crippen LogP contribution in [0.2, 0.25) is 0 Å². The molecule has 0 saturated heterocycles. The summed E-state index contributed by atoms with van der Waals surface area (Å²) >= 11 is 4.82. The summed E-state index contributed by atoms with van der Waals surface area (Å²) in [5, 5.41) is 0. The molecular formula is C6H6OS2. The minimum absolute atomic E-state index is 0.734. The fourth-order valence-electron chi connectivity index (χ4n) is 0.540. The molecule has 48 valence electrons. The van der Waals surface area contributed by atoms with E-state index in [-0.39, 0.29) is 0 Å². The van der Waals surface area contributed by atoms with E-state index in [1.807, 2.05) is 18.2 Å². The molecule has 0 fully saturated rings. The highest BCUT2D eigenvalue weighted by Gasteiger charge is 1.88. The van der Waals surface area contributed by atoms with Crippen molar-refractivity contribution in [3.63, 3.8) is 0 Å². The van der Waals surface area contributed by atoms with Gasteiger partial charge in [0, 0.05) is 21.8 Å². The van der Waals surface area contributed by atoms with Crippen molar-refractivity contribution in [2.45, 2.75) is 9.79 Å². The lowest BCUT2D eigenvalue weighted by Gasteiger charge is -1.92. The summed E-state index contributed by atoms with van der Waals surface area (Å²) in [6, 6.07) is 7.34. The number of rotatable bonds is 1. The minimum atomic E-state index is 0.734. The Bertz CT molecular complexity index is 200. The Balaban J connectivity index is 2.94. The topological polar surface area (TPSA) is 20.2 Å². The molecule has 1 nitrogen and oxygen atoms in total. The molecule has 0 aliphatic rings. The number of hydrogen-bond donors (Lipinski definition) is 2.